The second-order valence-corrected chi connectivity index (χ2v) is 8.54. The van der Waals surface area contributed by atoms with Crippen molar-refractivity contribution in [3.8, 4) is 0 Å². The van der Waals surface area contributed by atoms with Gasteiger partial charge >= 0.3 is 0 Å². The summed E-state index contributed by atoms with van der Waals surface area (Å²) in [4.78, 5) is 0.243. The summed E-state index contributed by atoms with van der Waals surface area (Å²) in [5.74, 6) is 0.874. The third kappa shape index (κ3) is 3.50. The molecule has 2 N–H and O–H groups in total. The van der Waals surface area contributed by atoms with E-state index in [1.165, 1.54) is 0 Å². The van der Waals surface area contributed by atoms with Crippen molar-refractivity contribution in [1.82, 2.24) is 4.72 Å². The first-order valence-electron chi connectivity index (χ1n) is 7.18. The number of benzene rings is 1. The Labute approximate surface area is 135 Å². The van der Waals surface area contributed by atoms with Gasteiger partial charge in [0.05, 0.1) is 11.5 Å². The Morgan fingerprint density at radius 3 is 2.52 bits per heavy atom. The smallest absolute Gasteiger partial charge is 0.241 e. The van der Waals surface area contributed by atoms with Crippen molar-refractivity contribution < 1.29 is 13.5 Å². The summed E-state index contributed by atoms with van der Waals surface area (Å²) in [6.07, 6.45) is 1.93. The predicted molar refractivity (Wildman–Crippen MR) is 86.5 cm³/mol. The van der Waals surface area contributed by atoms with Crippen molar-refractivity contribution in [3.05, 3.63) is 27.7 Å². The first kappa shape index (κ1) is 16.9. The van der Waals surface area contributed by atoms with Gasteiger partial charge in [-0.15, -0.1) is 0 Å². The van der Waals surface area contributed by atoms with Gasteiger partial charge in [-0.25, -0.2) is 13.1 Å². The molecule has 1 fully saturated rings. The van der Waals surface area contributed by atoms with Crippen molar-refractivity contribution in [2.45, 2.75) is 51.2 Å². The molecule has 3 unspecified atom stereocenters. The van der Waals surface area contributed by atoms with Crippen molar-refractivity contribution in [1.29, 1.82) is 0 Å². The number of aliphatic hydroxyl groups is 1. The van der Waals surface area contributed by atoms with Crippen LogP contribution in [0, 0.1) is 18.8 Å². The molecule has 118 valence electrons. The van der Waals surface area contributed by atoms with Gasteiger partial charge in [0, 0.05) is 10.5 Å². The molecule has 0 heterocycles. The van der Waals surface area contributed by atoms with Crippen LogP contribution in [-0.4, -0.2) is 19.6 Å². The van der Waals surface area contributed by atoms with Crippen molar-refractivity contribution in [2.75, 3.05) is 0 Å². The summed E-state index contributed by atoms with van der Waals surface area (Å²) < 4.78 is 28.9. The van der Waals surface area contributed by atoms with E-state index in [0.717, 1.165) is 12.8 Å². The third-order valence-corrected chi connectivity index (χ3v) is 7.04. The maximum atomic E-state index is 12.7. The standard InChI is InChI=1S/C15H22BrNO3S/c1-9-4-5-14(10(9)2)17-21(19,20)15-7-12(8-18)6-13(16)11(15)3/h6-7,9-10,14,17-18H,4-5,8H2,1-3H3. The number of nitrogens with one attached hydrogen (secondary N) is 1. The highest BCUT2D eigenvalue weighted by molar-refractivity contribution is 9.10. The van der Waals surface area contributed by atoms with Crippen LogP contribution >= 0.6 is 15.9 Å². The number of hydrogen-bond acceptors (Lipinski definition) is 3. The topological polar surface area (TPSA) is 66.4 Å². The molecule has 1 aliphatic rings. The Morgan fingerprint density at radius 1 is 1.33 bits per heavy atom. The van der Waals surface area contributed by atoms with Gasteiger partial charge < -0.3 is 5.11 Å². The number of aliphatic hydroxyl groups excluding tert-OH is 1. The first-order valence-corrected chi connectivity index (χ1v) is 9.46. The van der Waals surface area contributed by atoms with Gasteiger partial charge in [0.25, 0.3) is 0 Å². The monoisotopic (exact) mass is 375 g/mol. The van der Waals surface area contributed by atoms with E-state index in [0.29, 0.717) is 27.4 Å². The van der Waals surface area contributed by atoms with Crippen LogP contribution in [0.25, 0.3) is 0 Å². The molecule has 21 heavy (non-hydrogen) atoms. The first-order chi connectivity index (χ1) is 9.76. The Balaban J connectivity index is 2.34. The summed E-state index contributed by atoms with van der Waals surface area (Å²) in [7, 11) is -3.58. The van der Waals surface area contributed by atoms with Gasteiger partial charge in [0.2, 0.25) is 10.0 Å². The van der Waals surface area contributed by atoms with Gasteiger partial charge in [-0.05, 0) is 54.9 Å². The molecule has 3 atom stereocenters. The van der Waals surface area contributed by atoms with Crippen LogP contribution < -0.4 is 4.72 Å². The fourth-order valence-electron chi connectivity index (χ4n) is 2.87. The minimum absolute atomic E-state index is 0.0130. The lowest BCUT2D eigenvalue weighted by Crippen LogP contribution is -2.37. The molecule has 2 rings (SSSR count). The summed E-state index contributed by atoms with van der Waals surface area (Å²) in [5.41, 5.74) is 1.25. The van der Waals surface area contributed by atoms with E-state index in [1.54, 1.807) is 19.1 Å². The summed E-state index contributed by atoms with van der Waals surface area (Å²) in [5, 5.41) is 9.27. The van der Waals surface area contributed by atoms with Crippen LogP contribution in [0.4, 0.5) is 0 Å². The minimum Gasteiger partial charge on any atom is -0.392 e. The second kappa shape index (κ2) is 6.36. The quantitative estimate of drug-likeness (QED) is 0.849. The molecular weight excluding hydrogens is 354 g/mol. The lowest BCUT2D eigenvalue weighted by Gasteiger charge is -2.21. The van der Waals surface area contributed by atoms with E-state index >= 15 is 0 Å². The molecule has 0 radical (unpaired) electrons. The molecule has 0 amide bonds. The molecule has 1 aliphatic carbocycles. The third-order valence-electron chi connectivity index (χ3n) is 4.60. The highest BCUT2D eigenvalue weighted by Gasteiger charge is 2.33. The lowest BCUT2D eigenvalue weighted by atomic mass is 9.98. The van der Waals surface area contributed by atoms with E-state index in [-0.39, 0.29) is 17.5 Å². The molecule has 6 heteroatoms. The van der Waals surface area contributed by atoms with Crippen LogP contribution in [0.3, 0.4) is 0 Å². The zero-order chi connectivity index (χ0) is 15.8. The number of hydrogen-bond donors (Lipinski definition) is 2. The summed E-state index contributed by atoms with van der Waals surface area (Å²) in [6, 6.07) is 3.28. The van der Waals surface area contributed by atoms with E-state index in [1.807, 2.05) is 0 Å². The molecule has 1 aromatic rings. The van der Waals surface area contributed by atoms with E-state index in [4.69, 9.17) is 0 Å². The van der Waals surface area contributed by atoms with E-state index in [2.05, 4.69) is 34.5 Å². The highest BCUT2D eigenvalue weighted by Crippen LogP contribution is 2.33. The molecule has 0 spiro atoms. The second-order valence-electron chi connectivity index (χ2n) is 6.00. The van der Waals surface area contributed by atoms with Gasteiger partial charge in [0.1, 0.15) is 0 Å². The van der Waals surface area contributed by atoms with E-state index < -0.39 is 10.0 Å². The highest BCUT2D eigenvalue weighted by atomic mass is 79.9. The van der Waals surface area contributed by atoms with Crippen LogP contribution in [0.15, 0.2) is 21.5 Å². The molecule has 0 aromatic heterocycles. The maximum Gasteiger partial charge on any atom is 0.241 e. The lowest BCUT2D eigenvalue weighted by molar-refractivity contribution is 0.281. The summed E-state index contributed by atoms with van der Waals surface area (Å²) in [6.45, 7) is 5.84. The van der Waals surface area contributed by atoms with E-state index in [9.17, 15) is 13.5 Å². The van der Waals surface area contributed by atoms with Gasteiger partial charge in [-0.3, -0.25) is 0 Å². The molecular formula is C15H22BrNO3S. The Hall–Kier alpha value is -0.430. The fraction of sp³-hybridized carbons (Fsp3) is 0.600. The number of rotatable bonds is 4. The van der Waals surface area contributed by atoms with Gasteiger partial charge in [-0.1, -0.05) is 29.8 Å². The Kier molecular flexibility index (Phi) is 5.13. The molecule has 1 saturated carbocycles. The zero-order valence-corrected chi connectivity index (χ0v) is 15.0. The van der Waals surface area contributed by atoms with Gasteiger partial charge in [-0.2, -0.15) is 0 Å². The largest absolute Gasteiger partial charge is 0.392 e. The van der Waals surface area contributed by atoms with Crippen molar-refractivity contribution in [2.24, 2.45) is 11.8 Å². The van der Waals surface area contributed by atoms with Crippen LogP contribution in [0.2, 0.25) is 0 Å². The fourth-order valence-corrected chi connectivity index (χ4v) is 5.19. The van der Waals surface area contributed by atoms with Crippen LogP contribution in [-0.2, 0) is 16.6 Å². The minimum atomic E-state index is -3.58. The van der Waals surface area contributed by atoms with Crippen molar-refractivity contribution >= 4 is 26.0 Å². The van der Waals surface area contributed by atoms with Crippen LogP contribution in [0.1, 0.15) is 37.8 Å². The molecule has 0 bridgehead atoms. The van der Waals surface area contributed by atoms with Crippen LogP contribution in [0.5, 0.6) is 0 Å². The number of halogens is 1. The van der Waals surface area contributed by atoms with Gasteiger partial charge in [0.15, 0.2) is 0 Å². The Morgan fingerprint density at radius 2 is 2.00 bits per heavy atom. The molecule has 0 saturated heterocycles. The summed E-state index contributed by atoms with van der Waals surface area (Å²) >= 11 is 3.36. The molecule has 4 nitrogen and oxygen atoms in total. The SMILES string of the molecule is Cc1c(Br)cc(CO)cc1S(=O)(=O)NC1CCC(C)C1C. The van der Waals surface area contributed by atoms with Crippen molar-refractivity contribution in [3.63, 3.8) is 0 Å². The molecule has 0 aliphatic heterocycles. The normalized spacial score (nSPS) is 26.2. The maximum absolute atomic E-state index is 12.7. The molecule has 1 aromatic carbocycles. The number of sulfonamides is 1. The Bertz CT molecular complexity index is 630. The zero-order valence-electron chi connectivity index (χ0n) is 12.6. The average Bonchev–Trinajstić information content (AvgIpc) is 2.73. The average molecular weight is 376 g/mol. The predicted octanol–water partition coefficient (Wildman–Crippen LogP) is 2.96.